The van der Waals surface area contributed by atoms with Crippen LogP contribution in [0.15, 0.2) is 71.5 Å². The molecule has 0 saturated heterocycles. The quantitative estimate of drug-likeness (QED) is 0.446. The number of aromatic amines is 1. The number of allylic oxidation sites excluding steroid dienone is 4. The van der Waals surface area contributed by atoms with Crippen molar-refractivity contribution in [2.75, 3.05) is 5.32 Å². The van der Waals surface area contributed by atoms with Crippen molar-refractivity contribution in [3.8, 4) is 0 Å². The molecule has 0 unspecified atom stereocenters. The van der Waals surface area contributed by atoms with Gasteiger partial charge in [-0.25, -0.2) is 4.98 Å². The molecular formula is C28H36N4O. The van der Waals surface area contributed by atoms with Gasteiger partial charge in [0.05, 0.1) is 17.1 Å². The van der Waals surface area contributed by atoms with Gasteiger partial charge in [-0.1, -0.05) is 57.2 Å². The van der Waals surface area contributed by atoms with Crippen molar-refractivity contribution in [1.82, 2.24) is 15.0 Å². The van der Waals surface area contributed by atoms with Crippen LogP contribution < -0.4 is 10.9 Å². The van der Waals surface area contributed by atoms with Gasteiger partial charge in [-0.2, -0.15) is 0 Å². The van der Waals surface area contributed by atoms with E-state index in [1.165, 1.54) is 22.4 Å². The Hall–Kier alpha value is -3.47. The van der Waals surface area contributed by atoms with Crippen molar-refractivity contribution in [2.24, 2.45) is 0 Å². The van der Waals surface area contributed by atoms with E-state index in [0.29, 0.717) is 10.9 Å². The summed E-state index contributed by atoms with van der Waals surface area (Å²) in [5.74, 6) is 0.734. The number of pyridine rings is 1. The molecule has 174 valence electrons. The number of hydrogen-bond acceptors (Lipinski definition) is 4. The van der Waals surface area contributed by atoms with Crippen LogP contribution in [0.1, 0.15) is 63.9 Å². The SMILES string of the molecule is C=Cc1cc(C)ccc1NC1=C(C)C=CCC1.CC.CCCc1nc2cnccc2c(=O)[nH]1. The maximum absolute atomic E-state index is 11.6. The minimum Gasteiger partial charge on any atom is -0.358 e. The van der Waals surface area contributed by atoms with Gasteiger partial charge in [0, 0.05) is 24.0 Å². The lowest BCUT2D eigenvalue weighted by Crippen LogP contribution is -2.11. The van der Waals surface area contributed by atoms with E-state index in [1.54, 1.807) is 18.5 Å². The highest BCUT2D eigenvalue weighted by Gasteiger charge is 2.07. The summed E-state index contributed by atoms with van der Waals surface area (Å²) in [6.07, 6.45) is 13.5. The molecule has 2 aromatic heterocycles. The molecule has 33 heavy (non-hydrogen) atoms. The molecular weight excluding hydrogens is 408 g/mol. The largest absolute Gasteiger partial charge is 0.358 e. The monoisotopic (exact) mass is 444 g/mol. The van der Waals surface area contributed by atoms with Gasteiger partial charge in [0.25, 0.3) is 5.56 Å². The first-order valence-electron chi connectivity index (χ1n) is 11.7. The summed E-state index contributed by atoms with van der Waals surface area (Å²) < 4.78 is 0. The third-order valence-corrected chi connectivity index (χ3v) is 5.16. The van der Waals surface area contributed by atoms with E-state index in [1.807, 2.05) is 26.8 Å². The highest BCUT2D eigenvalue weighted by atomic mass is 16.1. The van der Waals surface area contributed by atoms with Gasteiger partial charge < -0.3 is 10.3 Å². The van der Waals surface area contributed by atoms with E-state index in [-0.39, 0.29) is 5.56 Å². The van der Waals surface area contributed by atoms with E-state index < -0.39 is 0 Å². The summed E-state index contributed by atoms with van der Waals surface area (Å²) >= 11 is 0. The number of aromatic nitrogens is 3. The molecule has 2 heterocycles. The lowest BCUT2D eigenvalue weighted by Gasteiger charge is -2.17. The normalized spacial score (nSPS) is 12.4. The number of aryl methyl sites for hydroxylation is 2. The molecule has 0 aliphatic heterocycles. The highest BCUT2D eigenvalue weighted by molar-refractivity contribution is 5.75. The standard InChI is InChI=1S/C16H19N.C10H11N3O.C2H6/c1-4-14-11-12(2)9-10-16(14)17-15-8-6-5-7-13(15)3;1-2-3-9-12-8-6-11-5-4-7(8)10(14)13-9;1-2/h4-5,7,9-11,17H,1,6,8H2,2-3H3;4-6H,2-3H2,1H3,(H,12,13,14);1-2H3. The van der Waals surface area contributed by atoms with Crippen LogP contribution in [0.5, 0.6) is 0 Å². The molecule has 5 nitrogen and oxygen atoms in total. The fraction of sp³-hybridized carbons (Fsp3) is 0.321. The van der Waals surface area contributed by atoms with E-state index in [2.05, 4.69) is 71.0 Å². The maximum Gasteiger partial charge on any atom is 0.258 e. The number of anilines is 1. The Morgan fingerprint density at radius 3 is 2.70 bits per heavy atom. The number of H-pyrrole nitrogens is 1. The summed E-state index contributed by atoms with van der Waals surface area (Å²) in [5, 5.41) is 4.13. The Balaban J connectivity index is 0.000000221. The summed E-state index contributed by atoms with van der Waals surface area (Å²) in [7, 11) is 0. The van der Waals surface area contributed by atoms with Crippen LogP contribution in [-0.4, -0.2) is 15.0 Å². The Morgan fingerprint density at radius 2 is 2.00 bits per heavy atom. The summed E-state index contributed by atoms with van der Waals surface area (Å²) in [5.41, 5.74) is 6.81. The zero-order valence-electron chi connectivity index (χ0n) is 20.5. The van der Waals surface area contributed by atoms with Crippen molar-refractivity contribution in [3.05, 3.63) is 94.0 Å². The Bertz CT molecular complexity index is 1190. The molecule has 0 amide bonds. The first kappa shape index (κ1) is 25.8. The van der Waals surface area contributed by atoms with Crippen molar-refractivity contribution in [1.29, 1.82) is 0 Å². The molecule has 0 radical (unpaired) electrons. The lowest BCUT2D eigenvalue weighted by molar-refractivity contribution is 0.836. The molecule has 1 aromatic carbocycles. The van der Waals surface area contributed by atoms with E-state index in [0.717, 1.165) is 37.2 Å². The third-order valence-electron chi connectivity index (χ3n) is 5.16. The van der Waals surface area contributed by atoms with Crippen LogP contribution in [-0.2, 0) is 6.42 Å². The molecule has 3 aromatic rings. The predicted molar refractivity (Wildman–Crippen MR) is 141 cm³/mol. The van der Waals surface area contributed by atoms with Gasteiger partial charge in [-0.3, -0.25) is 9.78 Å². The van der Waals surface area contributed by atoms with Crippen LogP contribution in [0.3, 0.4) is 0 Å². The molecule has 0 bridgehead atoms. The lowest BCUT2D eigenvalue weighted by atomic mass is 10.0. The van der Waals surface area contributed by atoms with Gasteiger partial charge in [-0.15, -0.1) is 0 Å². The van der Waals surface area contributed by atoms with Crippen molar-refractivity contribution < 1.29 is 0 Å². The average Bonchev–Trinajstić information content (AvgIpc) is 2.83. The molecule has 5 heteroatoms. The molecule has 0 fully saturated rings. The van der Waals surface area contributed by atoms with E-state index in [4.69, 9.17) is 0 Å². The van der Waals surface area contributed by atoms with Crippen molar-refractivity contribution in [2.45, 2.75) is 60.3 Å². The molecule has 0 atom stereocenters. The Morgan fingerprint density at radius 1 is 1.21 bits per heavy atom. The van der Waals surface area contributed by atoms with Crippen LogP contribution in [0, 0.1) is 6.92 Å². The fourth-order valence-electron chi connectivity index (χ4n) is 3.47. The summed E-state index contributed by atoms with van der Waals surface area (Å²) in [6.45, 7) is 14.2. The van der Waals surface area contributed by atoms with Gasteiger partial charge >= 0.3 is 0 Å². The van der Waals surface area contributed by atoms with Gasteiger partial charge in [0.15, 0.2) is 0 Å². The maximum atomic E-state index is 11.6. The first-order chi connectivity index (χ1) is 16.0. The molecule has 1 aliphatic carbocycles. The second-order valence-electron chi connectivity index (χ2n) is 7.68. The Labute approximate surface area is 197 Å². The fourth-order valence-corrected chi connectivity index (χ4v) is 3.47. The molecule has 1 aliphatic rings. The predicted octanol–water partition coefficient (Wildman–Crippen LogP) is 6.97. The van der Waals surface area contributed by atoms with Crippen molar-refractivity contribution >= 4 is 22.7 Å². The number of rotatable bonds is 5. The molecule has 0 saturated carbocycles. The molecule has 0 spiro atoms. The number of nitrogens with zero attached hydrogens (tertiary/aromatic N) is 2. The first-order valence-corrected chi connectivity index (χ1v) is 11.7. The van der Waals surface area contributed by atoms with Crippen LogP contribution in [0.25, 0.3) is 17.0 Å². The minimum absolute atomic E-state index is 0.0825. The van der Waals surface area contributed by atoms with Crippen LogP contribution in [0.4, 0.5) is 5.69 Å². The van der Waals surface area contributed by atoms with Gasteiger partial charge in [-0.05, 0) is 62.4 Å². The molecule has 2 N–H and O–H groups in total. The Kier molecular flexibility index (Phi) is 10.3. The third kappa shape index (κ3) is 7.28. The smallest absolute Gasteiger partial charge is 0.258 e. The zero-order chi connectivity index (χ0) is 24.2. The number of benzene rings is 1. The van der Waals surface area contributed by atoms with Gasteiger partial charge in [0.1, 0.15) is 5.82 Å². The van der Waals surface area contributed by atoms with E-state index in [9.17, 15) is 4.79 Å². The second kappa shape index (κ2) is 13.2. The van der Waals surface area contributed by atoms with Crippen LogP contribution in [0.2, 0.25) is 0 Å². The molecule has 4 rings (SSSR count). The average molecular weight is 445 g/mol. The van der Waals surface area contributed by atoms with E-state index >= 15 is 0 Å². The minimum atomic E-state index is -0.0825. The highest BCUT2D eigenvalue weighted by Crippen LogP contribution is 2.25. The van der Waals surface area contributed by atoms with Crippen molar-refractivity contribution in [3.63, 3.8) is 0 Å². The number of hydrogen-bond donors (Lipinski definition) is 2. The zero-order valence-corrected chi connectivity index (χ0v) is 20.5. The summed E-state index contributed by atoms with van der Waals surface area (Å²) in [6, 6.07) is 8.09. The van der Waals surface area contributed by atoms with Crippen LogP contribution >= 0.6 is 0 Å². The number of fused-ring (bicyclic) bond motifs is 1. The van der Waals surface area contributed by atoms with Gasteiger partial charge in [0.2, 0.25) is 0 Å². The number of nitrogens with one attached hydrogen (secondary N) is 2. The topological polar surface area (TPSA) is 70.7 Å². The summed E-state index contributed by atoms with van der Waals surface area (Å²) in [4.78, 5) is 22.6. The second-order valence-corrected chi connectivity index (χ2v) is 7.68.